The number of hydrogen-bond acceptors (Lipinski definition) is 5. The van der Waals surface area contributed by atoms with Gasteiger partial charge in [-0.2, -0.15) is 0 Å². The van der Waals surface area contributed by atoms with Crippen molar-refractivity contribution in [3.8, 4) is 0 Å². The zero-order valence-electron chi connectivity index (χ0n) is 9.91. The molecule has 17 heavy (non-hydrogen) atoms. The summed E-state index contributed by atoms with van der Waals surface area (Å²) in [6, 6.07) is 3.76. The lowest BCUT2D eigenvalue weighted by Gasteiger charge is -2.33. The molecule has 2 N–H and O–H groups in total. The van der Waals surface area contributed by atoms with Gasteiger partial charge in [0.1, 0.15) is 0 Å². The molecule has 2 rings (SSSR count). The Morgan fingerprint density at radius 2 is 2.41 bits per heavy atom. The standard InChI is InChI=1S/C12H18N2O3/c1-9(16)12-3-2-10(6-13-12)14-4-5-17-11(7-14)8-15/h2-3,6,9,11,15-16H,4-5,7-8H2,1H3/t9-,11?/m1/s1. The molecular formula is C12H18N2O3. The molecule has 0 aromatic carbocycles. The van der Waals surface area contributed by atoms with Gasteiger partial charge in [0.25, 0.3) is 0 Å². The van der Waals surface area contributed by atoms with E-state index in [1.165, 1.54) is 0 Å². The quantitative estimate of drug-likeness (QED) is 0.794. The predicted molar refractivity (Wildman–Crippen MR) is 63.9 cm³/mol. The second kappa shape index (κ2) is 5.44. The molecule has 1 saturated heterocycles. The average Bonchev–Trinajstić information content (AvgIpc) is 2.39. The van der Waals surface area contributed by atoms with Gasteiger partial charge in [-0.1, -0.05) is 0 Å². The van der Waals surface area contributed by atoms with Crippen LogP contribution in [0.5, 0.6) is 0 Å². The summed E-state index contributed by atoms with van der Waals surface area (Å²) in [6.07, 6.45) is 1.08. The smallest absolute Gasteiger partial charge is 0.0980 e. The summed E-state index contributed by atoms with van der Waals surface area (Å²) in [7, 11) is 0. The Hall–Kier alpha value is -1.17. The van der Waals surface area contributed by atoms with Crippen LogP contribution < -0.4 is 4.90 Å². The van der Waals surface area contributed by atoms with E-state index in [1.54, 1.807) is 13.1 Å². The zero-order chi connectivity index (χ0) is 12.3. The molecule has 94 valence electrons. The SMILES string of the molecule is C[C@@H](O)c1ccc(N2CCOC(CO)C2)cn1. The number of aliphatic hydroxyl groups is 2. The summed E-state index contributed by atoms with van der Waals surface area (Å²) < 4.78 is 5.39. The molecule has 2 heterocycles. The van der Waals surface area contributed by atoms with Crippen molar-refractivity contribution < 1.29 is 14.9 Å². The average molecular weight is 238 g/mol. The van der Waals surface area contributed by atoms with E-state index in [-0.39, 0.29) is 12.7 Å². The molecule has 1 aliphatic rings. The number of ether oxygens (including phenoxy) is 1. The number of nitrogens with zero attached hydrogens (tertiary/aromatic N) is 2. The molecule has 1 fully saturated rings. The van der Waals surface area contributed by atoms with Crippen molar-refractivity contribution in [3.63, 3.8) is 0 Å². The van der Waals surface area contributed by atoms with Crippen LogP contribution in [0.2, 0.25) is 0 Å². The normalized spacial score (nSPS) is 22.5. The predicted octanol–water partition coefficient (Wildman–Crippen LogP) is 0.332. The largest absolute Gasteiger partial charge is 0.394 e. The Balaban J connectivity index is 2.06. The molecule has 2 atom stereocenters. The van der Waals surface area contributed by atoms with Crippen LogP contribution >= 0.6 is 0 Å². The summed E-state index contributed by atoms with van der Waals surface area (Å²) in [4.78, 5) is 6.34. The Morgan fingerprint density at radius 3 is 3.00 bits per heavy atom. The fraction of sp³-hybridized carbons (Fsp3) is 0.583. The van der Waals surface area contributed by atoms with Crippen LogP contribution in [0.4, 0.5) is 5.69 Å². The molecule has 5 heteroatoms. The number of aromatic nitrogens is 1. The highest BCUT2D eigenvalue weighted by Gasteiger charge is 2.20. The number of rotatable bonds is 3. The van der Waals surface area contributed by atoms with Crippen molar-refractivity contribution in [2.45, 2.75) is 19.1 Å². The first-order chi connectivity index (χ1) is 8.20. The monoisotopic (exact) mass is 238 g/mol. The van der Waals surface area contributed by atoms with E-state index in [2.05, 4.69) is 9.88 Å². The first kappa shape index (κ1) is 12.3. The van der Waals surface area contributed by atoms with E-state index in [1.807, 2.05) is 12.1 Å². The fourth-order valence-corrected chi connectivity index (χ4v) is 1.90. The van der Waals surface area contributed by atoms with E-state index < -0.39 is 6.10 Å². The van der Waals surface area contributed by atoms with E-state index in [0.29, 0.717) is 18.8 Å². The highest BCUT2D eigenvalue weighted by molar-refractivity contribution is 5.45. The van der Waals surface area contributed by atoms with Crippen molar-refractivity contribution in [2.75, 3.05) is 31.2 Å². The molecule has 0 bridgehead atoms. The third-order valence-electron chi connectivity index (χ3n) is 2.91. The summed E-state index contributed by atoms with van der Waals surface area (Å²) in [5.74, 6) is 0. The minimum atomic E-state index is -0.543. The Labute approximate surface area is 101 Å². The van der Waals surface area contributed by atoms with Crippen molar-refractivity contribution in [3.05, 3.63) is 24.0 Å². The van der Waals surface area contributed by atoms with Crippen LogP contribution in [0.15, 0.2) is 18.3 Å². The molecule has 0 aliphatic carbocycles. The first-order valence-electron chi connectivity index (χ1n) is 5.82. The van der Waals surface area contributed by atoms with Crippen molar-refractivity contribution in [2.24, 2.45) is 0 Å². The number of aliphatic hydroxyl groups excluding tert-OH is 2. The molecule has 0 radical (unpaired) electrons. The summed E-state index contributed by atoms with van der Waals surface area (Å²) in [5.41, 5.74) is 1.66. The molecule has 0 saturated carbocycles. The number of pyridine rings is 1. The first-order valence-corrected chi connectivity index (χ1v) is 5.82. The number of hydrogen-bond donors (Lipinski definition) is 2. The minimum Gasteiger partial charge on any atom is -0.394 e. The maximum Gasteiger partial charge on any atom is 0.0980 e. The third-order valence-corrected chi connectivity index (χ3v) is 2.91. The van der Waals surface area contributed by atoms with Crippen molar-refractivity contribution in [1.82, 2.24) is 4.98 Å². The van der Waals surface area contributed by atoms with Gasteiger partial charge < -0.3 is 19.8 Å². The van der Waals surface area contributed by atoms with E-state index in [9.17, 15) is 5.11 Å². The minimum absolute atomic E-state index is 0.0374. The Morgan fingerprint density at radius 1 is 1.59 bits per heavy atom. The maximum absolute atomic E-state index is 9.38. The second-order valence-corrected chi connectivity index (χ2v) is 4.24. The number of anilines is 1. The van der Waals surface area contributed by atoms with Crippen LogP contribution in [0.1, 0.15) is 18.7 Å². The van der Waals surface area contributed by atoms with Gasteiger partial charge >= 0.3 is 0 Å². The molecule has 1 aromatic rings. The molecule has 1 aromatic heterocycles. The lowest BCUT2D eigenvalue weighted by Crippen LogP contribution is -2.44. The molecule has 1 unspecified atom stereocenters. The van der Waals surface area contributed by atoms with Gasteiger partial charge in [-0.25, -0.2) is 0 Å². The van der Waals surface area contributed by atoms with Gasteiger partial charge in [-0.15, -0.1) is 0 Å². The lowest BCUT2D eigenvalue weighted by molar-refractivity contribution is 0.00355. The number of morpholine rings is 1. The molecule has 0 spiro atoms. The topological polar surface area (TPSA) is 65.8 Å². The van der Waals surface area contributed by atoms with Gasteiger partial charge in [0.15, 0.2) is 0 Å². The van der Waals surface area contributed by atoms with Gasteiger partial charge in [-0.05, 0) is 19.1 Å². The lowest BCUT2D eigenvalue weighted by atomic mass is 10.2. The van der Waals surface area contributed by atoms with E-state index in [0.717, 1.165) is 12.2 Å². The summed E-state index contributed by atoms with van der Waals surface area (Å²) >= 11 is 0. The Bertz CT molecular complexity index is 353. The summed E-state index contributed by atoms with van der Waals surface area (Å²) in [6.45, 7) is 3.82. The van der Waals surface area contributed by atoms with Crippen molar-refractivity contribution in [1.29, 1.82) is 0 Å². The van der Waals surface area contributed by atoms with Gasteiger partial charge in [0.05, 0.1) is 43.0 Å². The van der Waals surface area contributed by atoms with Crippen LogP contribution in [-0.2, 0) is 4.74 Å². The van der Waals surface area contributed by atoms with Crippen LogP contribution in [0.25, 0.3) is 0 Å². The maximum atomic E-state index is 9.38. The van der Waals surface area contributed by atoms with Crippen LogP contribution in [0, 0.1) is 0 Å². The zero-order valence-corrected chi connectivity index (χ0v) is 9.91. The summed E-state index contributed by atoms with van der Waals surface area (Å²) in [5, 5.41) is 18.4. The highest BCUT2D eigenvalue weighted by atomic mass is 16.5. The highest BCUT2D eigenvalue weighted by Crippen LogP contribution is 2.18. The van der Waals surface area contributed by atoms with Crippen molar-refractivity contribution >= 4 is 5.69 Å². The Kier molecular flexibility index (Phi) is 3.93. The van der Waals surface area contributed by atoms with Gasteiger partial charge in [0, 0.05) is 13.1 Å². The van der Waals surface area contributed by atoms with Crippen LogP contribution in [-0.4, -0.2) is 47.6 Å². The fourth-order valence-electron chi connectivity index (χ4n) is 1.90. The van der Waals surface area contributed by atoms with Gasteiger partial charge in [-0.3, -0.25) is 4.98 Å². The van der Waals surface area contributed by atoms with E-state index >= 15 is 0 Å². The molecule has 1 aliphatic heterocycles. The molecule has 5 nitrogen and oxygen atoms in total. The van der Waals surface area contributed by atoms with E-state index in [4.69, 9.17) is 9.84 Å². The third kappa shape index (κ3) is 2.94. The molecular weight excluding hydrogens is 220 g/mol. The van der Waals surface area contributed by atoms with Gasteiger partial charge in [0.2, 0.25) is 0 Å². The second-order valence-electron chi connectivity index (χ2n) is 4.24. The molecule has 0 amide bonds. The van der Waals surface area contributed by atoms with Crippen LogP contribution in [0.3, 0.4) is 0 Å².